The highest BCUT2D eigenvalue weighted by Gasteiger charge is 2.47. The summed E-state index contributed by atoms with van der Waals surface area (Å²) in [7, 11) is 0. The molecular formula is C48H80O15. The van der Waals surface area contributed by atoms with Crippen LogP contribution >= 0.6 is 0 Å². The summed E-state index contributed by atoms with van der Waals surface area (Å²) in [6, 6.07) is 0. The lowest BCUT2D eigenvalue weighted by atomic mass is 9.98. The zero-order valence-corrected chi connectivity index (χ0v) is 37.8. The van der Waals surface area contributed by atoms with E-state index in [1.165, 1.54) is 32.1 Å². The second kappa shape index (κ2) is 35.5. The monoisotopic (exact) mass is 897 g/mol. The quantitative estimate of drug-likeness (QED) is 0.0246. The van der Waals surface area contributed by atoms with Gasteiger partial charge >= 0.3 is 11.9 Å². The van der Waals surface area contributed by atoms with Crippen molar-refractivity contribution in [1.82, 2.24) is 0 Å². The average molecular weight is 897 g/mol. The van der Waals surface area contributed by atoms with Crippen molar-refractivity contribution in [3.8, 4) is 0 Å². The SMILES string of the molecule is CC/C=C\C/C=C\C/C=C\C/C=C\CCC(=O)OC(COC(=O)CCCCCCC/C=C\CCCCCCC)COC1OC(COC2OC(CO)C(O)C(O)C2O)C(O)C(O)C1O. The number of aliphatic hydroxyl groups is 7. The Kier molecular flexibility index (Phi) is 31.7. The van der Waals surface area contributed by atoms with Gasteiger partial charge in [-0.3, -0.25) is 9.59 Å². The van der Waals surface area contributed by atoms with E-state index in [2.05, 4.69) is 56.4 Å². The molecule has 63 heavy (non-hydrogen) atoms. The van der Waals surface area contributed by atoms with Gasteiger partial charge in [0, 0.05) is 12.8 Å². The van der Waals surface area contributed by atoms with Gasteiger partial charge < -0.3 is 64.2 Å². The Labute approximate surface area is 375 Å². The molecule has 0 amide bonds. The smallest absolute Gasteiger partial charge is 0.306 e. The first-order valence-electron chi connectivity index (χ1n) is 23.4. The van der Waals surface area contributed by atoms with Crippen LogP contribution in [0.3, 0.4) is 0 Å². The number of carbonyl (C=O) groups is 2. The van der Waals surface area contributed by atoms with Crippen LogP contribution in [-0.2, 0) is 38.0 Å². The van der Waals surface area contributed by atoms with E-state index < -0.39 is 99.3 Å². The maximum atomic E-state index is 12.9. The lowest BCUT2D eigenvalue weighted by Crippen LogP contribution is -2.61. The number of ether oxygens (including phenoxy) is 6. The van der Waals surface area contributed by atoms with Crippen LogP contribution in [0.5, 0.6) is 0 Å². The average Bonchev–Trinajstić information content (AvgIpc) is 3.28. The Bertz CT molecular complexity index is 1330. The molecule has 2 saturated heterocycles. The highest BCUT2D eigenvalue weighted by Crippen LogP contribution is 2.26. The summed E-state index contributed by atoms with van der Waals surface area (Å²) in [6.07, 6.45) is 21.4. The summed E-state index contributed by atoms with van der Waals surface area (Å²) in [5.74, 6) is -1.04. The molecule has 7 N–H and O–H groups in total. The Morgan fingerprint density at radius 2 is 1.03 bits per heavy atom. The minimum atomic E-state index is -1.78. The van der Waals surface area contributed by atoms with Crippen LogP contribution in [-0.4, -0.2) is 142 Å². The number of aliphatic hydroxyl groups excluding tert-OH is 7. The molecule has 0 saturated carbocycles. The van der Waals surface area contributed by atoms with E-state index in [1.807, 2.05) is 18.2 Å². The van der Waals surface area contributed by atoms with Crippen molar-refractivity contribution < 1.29 is 73.8 Å². The Hall–Kier alpha value is -2.80. The van der Waals surface area contributed by atoms with Crippen molar-refractivity contribution in [3.05, 3.63) is 60.8 Å². The van der Waals surface area contributed by atoms with E-state index in [4.69, 9.17) is 28.4 Å². The highest BCUT2D eigenvalue weighted by molar-refractivity contribution is 5.70. The Balaban J connectivity index is 1.88. The number of hydrogen-bond donors (Lipinski definition) is 7. The molecule has 362 valence electrons. The molecule has 2 aliphatic rings. The molecule has 11 atom stereocenters. The normalized spacial score (nSPS) is 27.4. The van der Waals surface area contributed by atoms with E-state index in [-0.39, 0.29) is 19.4 Å². The Morgan fingerprint density at radius 3 is 1.63 bits per heavy atom. The van der Waals surface area contributed by atoms with Gasteiger partial charge in [-0.1, -0.05) is 120 Å². The van der Waals surface area contributed by atoms with Crippen LogP contribution < -0.4 is 0 Å². The molecule has 2 fully saturated rings. The van der Waals surface area contributed by atoms with Gasteiger partial charge in [-0.15, -0.1) is 0 Å². The minimum absolute atomic E-state index is 0.0400. The zero-order chi connectivity index (χ0) is 46.1. The van der Waals surface area contributed by atoms with Crippen molar-refractivity contribution in [2.45, 2.75) is 203 Å². The van der Waals surface area contributed by atoms with Crippen LogP contribution in [0.1, 0.15) is 136 Å². The van der Waals surface area contributed by atoms with E-state index in [1.54, 1.807) is 0 Å². The largest absolute Gasteiger partial charge is 0.462 e. The molecule has 0 aromatic rings. The van der Waals surface area contributed by atoms with Gasteiger partial charge in [0.05, 0.1) is 19.8 Å². The molecule has 0 spiro atoms. The van der Waals surface area contributed by atoms with Crippen LogP contribution in [0.25, 0.3) is 0 Å². The number of hydrogen-bond acceptors (Lipinski definition) is 15. The highest BCUT2D eigenvalue weighted by atomic mass is 16.7. The fourth-order valence-electron chi connectivity index (χ4n) is 6.87. The van der Waals surface area contributed by atoms with Crippen molar-refractivity contribution in [2.75, 3.05) is 26.4 Å². The molecule has 0 aromatic heterocycles. The molecule has 2 aliphatic heterocycles. The van der Waals surface area contributed by atoms with Gasteiger partial charge in [0.15, 0.2) is 18.7 Å². The lowest BCUT2D eigenvalue weighted by Gasteiger charge is -2.42. The van der Waals surface area contributed by atoms with Crippen molar-refractivity contribution in [1.29, 1.82) is 0 Å². The number of esters is 2. The molecule has 0 bridgehead atoms. The van der Waals surface area contributed by atoms with Crippen LogP contribution in [0.2, 0.25) is 0 Å². The number of unbranched alkanes of at least 4 members (excludes halogenated alkanes) is 10. The molecule has 2 rings (SSSR count). The maximum absolute atomic E-state index is 12.9. The fourth-order valence-corrected chi connectivity index (χ4v) is 6.87. The molecule has 15 heteroatoms. The Morgan fingerprint density at radius 1 is 0.524 bits per heavy atom. The number of rotatable bonds is 34. The first-order valence-corrected chi connectivity index (χ1v) is 23.4. The molecule has 11 unspecified atom stereocenters. The van der Waals surface area contributed by atoms with Gasteiger partial charge in [-0.2, -0.15) is 0 Å². The summed E-state index contributed by atoms with van der Waals surface area (Å²) < 4.78 is 33.4. The third-order valence-electron chi connectivity index (χ3n) is 10.7. The van der Waals surface area contributed by atoms with Crippen LogP contribution in [0.4, 0.5) is 0 Å². The van der Waals surface area contributed by atoms with Gasteiger partial charge in [-0.25, -0.2) is 0 Å². The second-order valence-corrected chi connectivity index (χ2v) is 16.2. The molecule has 15 nitrogen and oxygen atoms in total. The first kappa shape index (κ1) is 56.3. The van der Waals surface area contributed by atoms with E-state index in [0.29, 0.717) is 19.3 Å². The van der Waals surface area contributed by atoms with Gasteiger partial charge in [0.25, 0.3) is 0 Å². The predicted molar refractivity (Wildman–Crippen MR) is 238 cm³/mol. The third kappa shape index (κ3) is 24.3. The minimum Gasteiger partial charge on any atom is -0.462 e. The molecule has 2 heterocycles. The standard InChI is InChI=1S/C48H80O15/c1-3-5-7-9-11-13-15-17-19-20-22-24-26-28-30-39(50)58-33-36(61-40(51)31-29-27-25-23-21-18-16-14-12-10-8-6-4-2)34-59-47-46(57)44(55)42(53)38(63-47)35-60-48-45(56)43(54)41(52)37(32-49)62-48/h6,8,12,14-15,17-18,21,25,27,36-38,41-49,52-57H,3-5,7,9-11,13,16,19-20,22-24,26,28-35H2,1-2H3/b8-6-,14-12-,17-15-,21-18-,27-25-. The van der Waals surface area contributed by atoms with Gasteiger partial charge in [0.1, 0.15) is 55.4 Å². The van der Waals surface area contributed by atoms with Crippen LogP contribution in [0, 0.1) is 0 Å². The van der Waals surface area contributed by atoms with Crippen molar-refractivity contribution in [3.63, 3.8) is 0 Å². The van der Waals surface area contributed by atoms with E-state index in [9.17, 15) is 45.3 Å². The number of allylic oxidation sites excluding steroid dienone is 10. The maximum Gasteiger partial charge on any atom is 0.306 e. The zero-order valence-electron chi connectivity index (χ0n) is 37.8. The predicted octanol–water partition coefficient (Wildman–Crippen LogP) is 5.31. The third-order valence-corrected chi connectivity index (χ3v) is 10.7. The first-order chi connectivity index (χ1) is 30.5. The van der Waals surface area contributed by atoms with E-state index >= 15 is 0 Å². The molecule has 0 aromatic carbocycles. The van der Waals surface area contributed by atoms with E-state index in [0.717, 1.165) is 57.8 Å². The van der Waals surface area contributed by atoms with Gasteiger partial charge in [-0.05, 0) is 64.2 Å². The molecule has 0 radical (unpaired) electrons. The summed E-state index contributed by atoms with van der Waals surface area (Å²) in [4.78, 5) is 25.6. The number of carbonyl (C=O) groups excluding carboxylic acids is 2. The van der Waals surface area contributed by atoms with Gasteiger partial charge in [0.2, 0.25) is 0 Å². The molecular weight excluding hydrogens is 817 g/mol. The van der Waals surface area contributed by atoms with Crippen molar-refractivity contribution >= 4 is 11.9 Å². The second-order valence-electron chi connectivity index (χ2n) is 16.2. The lowest BCUT2D eigenvalue weighted by molar-refractivity contribution is -0.332. The summed E-state index contributed by atoms with van der Waals surface area (Å²) in [5, 5.41) is 71.9. The summed E-state index contributed by atoms with van der Waals surface area (Å²) >= 11 is 0. The van der Waals surface area contributed by atoms with Crippen LogP contribution in [0.15, 0.2) is 60.8 Å². The topological polar surface area (TPSA) is 231 Å². The summed E-state index contributed by atoms with van der Waals surface area (Å²) in [5.41, 5.74) is 0. The summed E-state index contributed by atoms with van der Waals surface area (Å²) in [6.45, 7) is 2.34. The molecule has 0 aliphatic carbocycles. The van der Waals surface area contributed by atoms with Crippen molar-refractivity contribution in [2.24, 2.45) is 0 Å². The fraction of sp³-hybridized carbons (Fsp3) is 0.750.